The number of fused-ring (bicyclic) bond motifs is 1. The van der Waals surface area contributed by atoms with Crippen LogP contribution in [0, 0.1) is 12.8 Å². The molecule has 0 radical (unpaired) electrons. The SMILES string of the molecule is Cc1cccc(Cl)c1C(=O)n1nc(C2CCC(C(=O)O)CC2)c2c1CCCC2. The van der Waals surface area contributed by atoms with Crippen molar-refractivity contribution in [2.75, 3.05) is 0 Å². The van der Waals surface area contributed by atoms with Crippen LogP contribution < -0.4 is 0 Å². The Kier molecular flexibility index (Phi) is 5.28. The summed E-state index contributed by atoms with van der Waals surface area (Å²) < 4.78 is 1.58. The molecule has 2 aromatic rings. The van der Waals surface area contributed by atoms with Gasteiger partial charge in [-0.3, -0.25) is 9.59 Å². The van der Waals surface area contributed by atoms with Gasteiger partial charge in [-0.05, 0) is 75.5 Å². The van der Waals surface area contributed by atoms with Crippen molar-refractivity contribution in [2.24, 2.45) is 5.92 Å². The van der Waals surface area contributed by atoms with Gasteiger partial charge in [-0.1, -0.05) is 23.7 Å². The maximum Gasteiger partial charge on any atom is 0.306 e. The highest BCUT2D eigenvalue weighted by molar-refractivity contribution is 6.34. The zero-order valence-electron chi connectivity index (χ0n) is 16.1. The summed E-state index contributed by atoms with van der Waals surface area (Å²) in [6.45, 7) is 1.89. The van der Waals surface area contributed by atoms with E-state index >= 15 is 0 Å². The van der Waals surface area contributed by atoms with Crippen LogP contribution >= 0.6 is 11.6 Å². The second-order valence-electron chi connectivity index (χ2n) is 8.05. The molecule has 5 nitrogen and oxygen atoms in total. The lowest BCUT2D eigenvalue weighted by Crippen LogP contribution is -2.21. The normalized spacial score (nSPS) is 21.9. The number of carboxylic acids is 1. The number of aromatic nitrogens is 2. The fourth-order valence-electron chi connectivity index (χ4n) is 4.75. The monoisotopic (exact) mass is 400 g/mol. The fraction of sp³-hybridized carbons (Fsp3) is 0.500. The van der Waals surface area contributed by atoms with Gasteiger partial charge < -0.3 is 5.11 Å². The van der Waals surface area contributed by atoms with E-state index in [-0.39, 0.29) is 17.7 Å². The molecule has 28 heavy (non-hydrogen) atoms. The van der Waals surface area contributed by atoms with Crippen LogP contribution in [0.15, 0.2) is 18.2 Å². The maximum absolute atomic E-state index is 13.3. The smallest absolute Gasteiger partial charge is 0.306 e. The number of carboxylic acid groups (broad SMARTS) is 1. The van der Waals surface area contributed by atoms with Crippen LogP contribution in [0.1, 0.15) is 77.3 Å². The quantitative estimate of drug-likeness (QED) is 0.805. The van der Waals surface area contributed by atoms with Gasteiger partial charge in [0.25, 0.3) is 5.91 Å². The molecule has 2 aliphatic carbocycles. The average Bonchev–Trinajstić information content (AvgIpc) is 3.07. The third kappa shape index (κ3) is 3.37. The average molecular weight is 401 g/mol. The predicted octanol–water partition coefficient (Wildman–Crippen LogP) is 4.77. The first kappa shape index (κ1) is 19.2. The number of carbonyl (C=O) groups excluding carboxylic acids is 1. The second-order valence-corrected chi connectivity index (χ2v) is 8.46. The lowest BCUT2D eigenvalue weighted by Gasteiger charge is -2.26. The molecule has 1 saturated carbocycles. The van der Waals surface area contributed by atoms with Crippen LogP contribution in [0.5, 0.6) is 0 Å². The van der Waals surface area contributed by atoms with E-state index in [9.17, 15) is 14.7 Å². The fourth-order valence-corrected chi connectivity index (χ4v) is 5.05. The topological polar surface area (TPSA) is 72.2 Å². The Morgan fingerprint density at radius 2 is 1.86 bits per heavy atom. The van der Waals surface area contributed by atoms with Crippen LogP contribution in [-0.2, 0) is 17.6 Å². The van der Waals surface area contributed by atoms with E-state index in [1.54, 1.807) is 10.7 Å². The number of hydrogen-bond donors (Lipinski definition) is 1. The molecule has 4 rings (SSSR count). The van der Waals surface area contributed by atoms with Gasteiger partial charge in [-0.25, -0.2) is 4.68 Å². The van der Waals surface area contributed by atoms with Gasteiger partial charge in [-0.15, -0.1) is 0 Å². The largest absolute Gasteiger partial charge is 0.481 e. The van der Waals surface area contributed by atoms with E-state index in [0.29, 0.717) is 23.4 Å². The van der Waals surface area contributed by atoms with E-state index in [1.165, 1.54) is 5.56 Å². The summed E-state index contributed by atoms with van der Waals surface area (Å²) in [6, 6.07) is 5.48. The molecule has 0 bridgehead atoms. The summed E-state index contributed by atoms with van der Waals surface area (Å²) >= 11 is 6.34. The lowest BCUT2D eigenvalue weighted by molar-refractivity contribution is -0.142. The minimum atomic E-state index is -0.699. The molecule has 1 heterocycles. The number of nitrogens with zero attached hydrogens (tertiary/aromatic N) is 2. The van der Waals surface area contributed by atoms with Gasteiger partial charge in [0.1, 0.15) is 0 Å². The summed E-state index contributed by atoms with van der Waals surface area (Å²) in [4.78, 5) is 24.6. The molecule has 0 spiro atoms. The minimum absolute atomic E-state index is 0.160. The number of aryl methyl sites for hydroxylation is 1. The van der Waals surface area contributed by atoms with Crippen molar-refractivity contribution in [3.63, 3.8) is 0 Å². The number of hydrogen-bond acceptors (Lipinski definition) is 3. The highest BCUT2D eigenvalue weighted by Gasteiger charge is 2.33. The molecule has 0 saturated heterocycles. The van der Waals surface area contributed by atoms with Crippen molar-refractivity contribution in [1.82, 2.24) is 9.78 Å². The summed E-state index contributed by atoms with van der Waals surface area (Å²) in [5.41, 5.74) is 4.60. The Balaban J connectivity index is 1.70. The third-order valence-electron chi connectivity index (χ3n) is 6.30. The molecule has 0 unspecified atom stereocenters. The standard InChI is InChI=1S/C22H25ClN2O3/c1-13-5-4-7-17(23)19(13)21(26)25-18-8-3-2-6-16(18)20(24-25)14-9-11-15(12-10-14)22(27)28/h4-5,7,14-15H,2-3,6,8-12H2,1H3,(H,27,28). The Bertz CT molecular complexity index is 906. The van der Waals surface area contributed by atoms with Gasteiger partial charge in [-0.2, -0.15) is 5.10 Å². The first-order chi connectivity index (χ1) is 13.5. The molecule has 0 atom stereocenters. The van der Waals surface area contributed by atoms with Gasteiger partial charge in [0.05, 0.1) is 27.9 Å². The lowest BCUT2D eigenvalue weighted by atomic mass is 9.78. The predicted molar refractivity (Wildman–Crippen MR) is 107 cm³/mol. The van der Waals surface area contributed by atoms with Crippen molar-refractivity contribution in [3.05, 3.63) is 51.3 Å². The van der Waals surface area contributed by atoms with E-state index in [0.717, 1.165) is 55.5 Å². The number of carbonyl (C=O) groups is 2. The molecular formula is C22H25ClN2O3. The third-order valence-corrected chi connectivity index (χ3v) is 6.62. The maximum atomic E-state index is 13.3. The molecule has 1 aromatic carbocycles. The number of rotatable bonds is 3. The van der Waals surface area contributed by atoms with Crippen LogP contribution in [0.4, 0.5) is 0 Å². The van der Waals surface area contributed by atoms with Crippen LogP contribution in [0.3, 0.4) is 0 Å². The summed E-state index contributed by atoms with van der Waals surface area (Å²) in [5.74, 6) is -0.868. The minimum Gasteiger partial charge on any atom is -0.481 e. The highest BCUT2D eigenvalue weighted by Crippen LogP contribution is 2.39. The van der Waals surface area contributed by atoms with Gasteiger partial charge in [0, 0.05) is 5.92 Å². The van der Waals surface area contributed by atoms with Crippen LogP contribution in [0.25, 0.3) is 0 Å². The highest BCUT2D eigenvalue weighted by atomic mass is 35.5. The Hall–Kier alpha value is -2.14. The Morgan fingerprint density at radius 3 is 2.54 bits per heavy atom. The van der Waals surface area contributed by atoms with Crippen molar-refractivity contribution in [3.8, 4) is 0 Å². The first-order valence-corrected chi connectivity index (χ1v) is 10.5. The van der Waals surface area contributed by atoms with E-state index < -0.39 is 5.97 Å². The van der Waals surface area contributed by atoms with Gasteiger partial charge in [0.15, 0.2) is 0 Å². The van der Waals surface area contributed by atoms with Crippen molar-refractivity contribution in [1.29, 1.82) is 0 Å². The van der Waals surface area contributed by atoms with Crippen LogP contribution in [-0.4, -0.2) is 26.8 Å². The molecule has 6 heteroatoms. The van der Waals surface area contributed by atoms with Gasteiger partial charge in [0.2, 0.25) is 0 Å². The van der Waals surface area contributed by atoms with Crippen molar-refractivity contribution >= 4 is 23.5 Å². The molecule has 1 fully saturated rings. The van der Waals surface area contributed by atoms with Crippen molar-refractivity contribution < 1.29 is 14.7 Å². The molecule has 0 aliphatic heterocycles. The molecule has 2 aliphatic rings. The van der Waals surface area contributed by atoms with Gasteiger partial charge >= 0.3 is 5.97 Å². The Morgan fingerprint density at radius 1 is 1.14 bits per heavy atom. The number of halogens is 1. The zero-order chi connectivity index (χ0) is 19.8. The van der Waals surface area contributed by atoms with Crippen LogP contribution in [0.2, 0.25) is 5.02 Å². The van der Waals surface area contributed by atoms with Crippen molar-refractivity contribution in [2.45, 2.75) is 64.2 Å². The first-order valence-electron chi connectivity index (χ1n) is 10.1. The molecule has 148 valence electrons. The number of benzene rings is 1. The molecular weight excluding hydrogens is 376 g/mol. The number of aliphatic carboxylic acids is 1. The Labute approximate surface area is 169 Å². The summed E-state index contributed by atoms with van der Waals surface area (Å²) in [6.07, 6.45) is 6.95. The zero-order valence-corrected chi connectivity index (χ0v) is 16.8. The molecule has 1 aromatic heterocycles. The summed E-state index contributed by atoms with van der Waals surface area (Å²) in [7, 11) is 0. The molecule has 0 amide bonds. The van der Waals surface area contributed by atoms with E-state index in [1.807, 2.05) is 19.1 Å². The second kappa shape index (κ2) is 7.70. The molecule has 1 N–H and O–H groups in total. The van der Waals surface area contributed by atoms with E-state index in [4.69, 9.17) is 16.7 Å². The van der Waals surface area contributed by atoms with E-state index in [2.05, 4.69) is 0 Å². The summed E-state index contributed by atoms with van der Waals surface area (Å²) in [5, 5.41) is 14.5.